The van der Waals surface area contributed by atoms with Crippen molar-refractivity contribution in [3.8, 4) is 0 Å². The normalized spacial score (nSPS) is 12.2. The maximum Gasteiger partial charge on any atom is 0.269 e. The van der Waals surface area contributed by atoms with Crippen molar-refractivity contribution < 1.29 is 10.0 Å². The number of nitro benzene ring substituents is 1. The zero-order valence-electron chi connectivity index (χ0n) is 10.6. The average Bonchev–Trinajstić information content (AvgIpc) is 2.41. The van der Waals surface area contributed by atoms with E-state index in [0.717, 1.165) is 15.4 Å². The fourth-order valence-corrected chi connectivity index (χ4v) is 2.75. The summed E-state index contributed by atoms with van der Waals surface area (Å²) in [6.45, 7) is 1.68. The number of aliphatic hydroxyl groups excluding tert-OH is 1. The molecular weight excluding hydrogens is 298 g/mol. The molecule has 0 aliphatic rings. The molecule has 2 aromatic carbocycles. The van der Waals surface area contributed by atoms with Gasteiger partial charge in [-0.2, -0.15) is 0 Å². The Hall–Kier alpha value is -1.56. The van der Waals surface area contributed by atoms with E-state index >= 15 is 0 Å². The molecule has 0 saturated heterocycles. The van der Waals surface area contributed by atoms with Gasteiger partial charge in [0.25, 0.3) is 5.69 Å². The molecule has 6 heteroatoms. The fraction of sp³-hybridized carbons (Fsp3) is 0.143. The SMILES string of the molecule is C[C@@H](O)c1ccc(Sc2ccc([N+](=O)[O-])cc2)c(Cl)c1. The lowest BCUT2D eigenvalue weighted by atomic mass is 10.1. The number of non-ortho nitro benzene ring substituents is 1. The van der Waals surface area contributed by atoms with Crippen molar-refractivity contribution in [1.82, 2.24) is 0 Å². The standard InChI is InChI=1S/C14H12ClNO3S/c1-9(17)10-2-7-14(13(15)8-10)20-12-5-3-11(4-6-12)16(18)19/h2-9,17H,1H3/t9-/m1/s1. The lowest BCUT2D eigenvalue weighted by molar-refractivity contribution is -0.384. The van der Waals surface area contributed by atoms with Crippen LogP contribution < -0.4 is 0 Å². The van der Waals surface area contributed by atoms with Crippen molar-refractivity contribution in [2.24, 2.45) is 0 Å². The van der Waals surface area contributed by atoms with Gasteiger partial charge in [0.2, 0.25) is 0 Å². The molecule has 0 aromatic heterocycles. The number of aliphatic hydroxyl groups is 1. The number of hydrogen-bond acceptors (Lipinski definition) is 4. The van der Waals surface area contributed by atoms with Gasteiger partial charge in [0.05, 0.1) is 16.0 Å². The van der Waals surface area contributed by atoms with E-state index in [2.05, 4.69) is 0 Å². The van der Waals surface area contributed by atoms with Crippen molar-refractivity contribution in [2.75, 3.05) is 0 Å². The molecule has 1 atom stereocenters. The molecule has 2 rings (SSSR count). The number of nitro groups is 1. The minimum atomic E-state index is -0.564. The Kier molecular flexibility index (Phi) is 4.65. The molecule has 0 radical (unpaired) electrons. The molecule has 0 aliphatic carbocycles. The summed E-state index contributed by atoms with van der Waals surface area (Å²) in [5.74, 6) is 0. The summed E-state index contributed by atoms with van der Waals surface area (Å²) in [5.41, 5.74) is 0.813. The Morgan fingerprint density at radius 1 is 1.25 bits per heavy atom. The van der Waals surface area contributed by atoms with Crippen LogP contribution in [0.3, 0.4) is 0 Å². The first kappa shape index (κ1) is 14.8. The van der Waals surface area contributed by atoms with Gasteiger partial charge in [-0.05, 0) is 36.8 Å². The number of benzene rings is 2. The van der Waals surface area contributed by atoms with Gasteiger partial charge in [0, 0.05) is 21.9 Å². The quantitative estimate of drug-likeness (QED) is 0.669. The third-order valence-corrected chi connectivity index (χ3v) is 4.22. The van der Waals surface area contributed by atoms with Gasteiger partial charge in [0.15, 0.2) is 0 Å². The predicted molar refractivity (Wildman–Crippen MR) is 79.3 cm³/mol. The molecule has 0 heterocycles. The summed E-state index contributed by atoms with van der Waals surface area (Å²) in [6, 6.07) is 11.6. The van der Waals surface area contributed by atoms with E-state index in [1.54, 1.807) is 25.1 Å². The van der Waals surface area contributed by atoms with Crippen molar-refractivity contribution >= 4 is 29.1 Å². The molecule has 0 fully saturated rings. The van der Waals surface area contributed by atoms with Gasteiger partial charge in [0.1, 0.15) is 0 Å². The molecule has 0 saturated carbocycles. The van der Waals surface area contributed by atoms with Gasteiger partial charge in [-0.15, -0.1) is 0 Å². The molecule has 2 aromatic rings. The fourth-order valence-electron chi connectivity index (χ4n) is 1.62. The minimum absolute atomic E-state index is 0.0601. The van der Waals surface area contributed by atoms with Crippen LogP contribution in [0.25, 0.3) is 0 Å². The second kappa shape index (κ2) is 6.26. The van der Waals surface area contributed by atoms with Crippen LogP contribution >= 0.6 is 23.4 Å². The van der Waals surface area contributed by atoms with Crippen molar-refractivity contribution in [2.45, 2.75) is 22.8 Å². The summed E-state index contributed by atoms with van der Waals surface area (Å²) in [4.78, 5) is 11.8. The highest BCUT2D eigenvalue weighted by Crippen LogP contribution is 2.35. The summed E-state index contributed by atoms with van der Waals surface area (Å²) in [5, 5.41) is 20.6. The number of nitrogens with zero attached hydrogens (tertiary/aromatic N) is 1. The van der Waals surface area contributed by atoms with Crippen LogP contribution in [0.2, 0.25) is 5.02 Å². The molecule has 4 nitrogen and oxygen atoms in total. The van der Waals surface area contributed by atoms with Crippen molar-refractivity contribution in [3.63, 3.8) is 0 Å². The summed E-state index contributed by atoms with van der Waals surface area (Å²) < 4.78 is 0. The lowest BCUT2D eigenvalue weighted by Gasteiger charge is -2.08. The topological polar surface area (TPSA) is 63.4 Å². The zero-order chi connectivity index (χ0) is 14.7. The molecule has 104 valence electrons. The lowest BCUT2D eigenvalue weighted by Crippen LogP contribution is -1.91. The predicted octanol–water partition coefficient (Wildman–Crippen LogP) is 4.45. The molecule has 0 bridgehead atoms. The maximum absolute atomic E-state index is 10.6. The van der Waals surface area contributed by atoms with E-state index < -0.39 is 11.0 Å². The molecule has 0 aliphatic heterocycles. The maximum atomic E-state index is 10.6. The van der Waals surface area contributed by atoms with E-state index in [-0.39, 0.29) is 5.69 Å². The highest BCUT2D eigenvalue weighted by atomic mass is 35.5. The smallest absolute Gasteiger partial charge is 0.269 e. The largest absolute Gasteiger partial charge is 0.389 e. The number of rotatable bonds is 4. The molecular formula is C14H12ClNO3S. The Morgan fingerprint density at radius 2 is 1.90 bits per heavy atom. The van der Waals surface area contributed by atoms with Crippen LogP contribution in [0.15, 0.2) is 52.3 Å². The van der Waals surface area contributed by atoms with Crippen LogP contribution in [0.5, 0.6) is 0 Å². The number of hydrogen-bond donors (Lipinski definition) is 1. The van der Waals surface area contributed by atoms with Crippen LogP contribution in [-0.2, 0) is 0 Å². The molecule has 0 amide bonds. The summed E-state index contributed by atoms with van der Waals surface area (Å²) in [6.07, 6.45) is -0.564. The van der Waals surface area contributed by atoms with E-state index in [1.165, 1.54) is 23.9 Å². The van der Waals surface area contributed by atoms with Gasteiger partial charge in [-0.25, -0.2) is 0 Å². The van der Waals surface area contributed by atoms with Gasteiger partial charge >= 0.3 is 0 Å². The van der Waals surface area contributed by atoms with Crippen LogP contribution in [0, 0.1) is 10.1 Å². The first-order valence-corrected chi connectivity index (χ1v) is 7.06. The Balaban J connectivity index is 2.19. The molecule has 1 N–H and O–H groups in total. The highest BCUT2D eigenvalue weighted by Gasteiger charge is 2.09. The van der Waals surface area contributed by atoms with Crippen LogP contribution in [-0.4, -0.2) is 10.0 Å². The summed E-state index contributed by atoms with van der Waals surface area (Å²) >= 11 is 7.58. The summed E-state index contributed by atoms with van der Waals surface area (Å²) in [7, 11) is 0. The highest BCUT2D eigenvalue weighted by molar-refractivity contribution is 7.99. The van der Waals surface area contributed by atoms with Gasteiger partial charge < -0.3 is 5.11 Å². The third kappa shape index (κ3) is 3.50. The number of halogens is 1. The van der Waals surface area contributed by atoms with Crippen LogP contribution in [0.4, 0.5) is 5.69 Å². The first-order valence-electron chi connectivity index (χ1n) is 5.87. The molecule has 0 unspecified atom stereocenters. The molecule has 20 heavy (non-hydrogen) atoms. The second-order valence-electron chi connectivity index (χ2n) is 4.22. The Bertz CT molecular complexity index is 629. The van der Waals surface area contributed by atoms with E-state index in [9.17, 15) is 15.2 Å². The first-order chi connectivity index (χ1) is 9.47. The Labute approximate surface area is 125 Å². The van der Waals surface area contributed by atoms with E-state index in [1.807, 2.05) is 12.1 Å². The average molecular weight is 310 g/mol. The monoisotopic (exact) mass is 309 g/mol. The van der Waals surface area contributed by atoms with Crippen LogP contribution in [0.1, 0.15) is 18.6 Å². The third-order valence-electron chi connectivity index (χ3n) is 2.71. The Morgan fingerprint density at radius 3 is 2.40 bits per heavy atom. The van der Waals surface area contributed by atoms with Gasteiger partial charge in [-0.3, -0.25) is 10.1 Å². The van der Waals surface area contributed by atoms with Crippen molar-refractivity contribution in [3.05, 3.63) is 63.2 Å². The molecule has 0 spiro atoms. The van der Waals surface area contributed by atoms with E-state index in [4.69, 9.17) is 11.6 Å². The zero-order valence-corrected chi connectivity index (χ0v) is 12.2. The minimum Gasteiger partial charge on any atom is -0.389 e. The van der Waals surface area contributed by atoms with Gasteiger partial charge in [-0.1, -0.05) is 29.4 Å². The van der Waals surface area contributed by atoms with E-state index in [0.29, 0.717) is 5.02 Å². The van der Waals surface area contributed by atoms with Crippen molar-refractivity contribution in [1.29, 1.82) is 0 Å². The second-order valence-corrected chi connectivity index (χ2v) is 5.74.